The quantitative estimate of drug-likeness (QED) is 0.858. The highest BCUT2D eigenvalue weighted by atomic mass is 32.1. The van der Waals surface area contributed by atoms with Gasteiger partial charge in [0.2, 0.25) is 0 Å². The van der Waals surface area contributed by atoms with Crippen molar-refractivity contribution >= 4 is 11.3 Å². The van der Waals surface area contributed by atoms with Crippen LogP contribution in [0.4, 0.5) is 0 Å². The summed E-state index contributed by atoms with van der Waals surface area (Å²) < 4.78 is 0. The molecule has 2 aromatic rings. The molecular weight excluding hydrogens is 214 g/mol. The van der Waals surface area contributed by atoms with Gasteiger partial charge >= 0.3 is 0 Å². The lowest BCUT2D eigenvalue weighted by Gasteiger charge is -2.06. The highest BCUT2D eigenvalue weighted by Gasteiger charge is 2.03. The molecule has 0 saturated carbocycles. The summed E-state index contributed by atoms with van der Waals surface area (Å²) in [4.78, 5) is 1.37. The molecule has 1 heterocycles. The molecule has 1 nitrogen and oxygen atoms in total. The van der Waals surface area contributed by atoms with E-state index in [1.165, 1.54) is 21.6 Å². The van der Waals surface area contributed by atoms with E-state index in [4.69, 9.17) is 5.73 Å². The first-order valence-electron chi connectivity index (χ1n) is 5.56. The second kappa shape index (κ2) is 4.81. The molecule has 1 aromatic heterocycles. The van der Waals surface area contributed by atoms with Crippen LogP contribution in [0.1, 0.15) is 17.4 Å². The first-order chi connectivity index (χ1) is 7.66. The van der Waals surface area contributed by atoms with Gasteiger partial charge in [-0.05, 0) is 48.4 Å². The number of nitrogens with two attached hydrogens (primary N) is 1. The van der Waals surface area contributed by atoms with Gasteiger partial charge in [-0.1, -0.05) is 24.3 Å². The second-order valence-corrected chi connectivity index (χ2v) is 5.39. The van der Waals surface area contributed by atoms with Crippen LogP contribution < -0.4 is 5.73 Å². The van der Waals surface area contributed by atoms with Crippen molar-refractivity contribution in [3.05, 3.63) is 46.2 Å². The van der Waals surface area contributed by atoms with E-state index in [1.54, 1.807) is 11.3 Å². The number of hydrogen-bond donors (Lipinski definition) is 1. The molecule has 1 aromatic carbocycles. The van der Waals surface area contributed by atoms with Gasteiger partial charge in [0, 0.05) is 10.9 Å². The summed E-state index contributed by atoms with van der Waals surface area (Å²) >= 11 is 1.79. The fourth-order valence-corrected chi connectivity index (χ4v) is 2.60. The molecule has 0 aliphatic heterocycles. The van der Waals surface area contributed by atoms with Gasteiger partial charge in [0.05, 0.1) is 0 Å². The molecule has 0 saturated heterocycles. The first kappa shape index (κ1) is 11.4. The molecular formula is C14H17NS. The van der Waals surface area contributed by atoms with Crippen molar-refractivity contribution in [2.24, 2.45) is 5.73 Å². The lowest BCUT2D eigenvalue weighted by molar-refractivity contribution is 0.738. The fraction of sp³-hybridized carbons (Fsp3) is 0.286. The van der Waals surface area contributed by atoms with Crippen molar-refractivity contribution in [3.8, 4) is 11.1 Å². The Hall–Kier alpha value is -1.12. The number of aryl methyl sites for hydroxylation is 1. The summed E-state index contributed by atoms with van der Waals surface area (Å²) in [5, 5.41) is 2.14. The van der Waals surface area contributed by atoms with Crippen LogP contribution in [-0.2, 0) is 6.42 Å². The summed E-state index contributed by atoms with van der Waals surface area (Å²) in [5.41, 5.74) is 9.74. The van der Waals surface area contributed by atoms with Crippen LogP contribution in [0.25, 0.3) is 11.1 Å². The largest absolute Gasteiger partial charge is 0.328 e. The van der Waals surface area contributed by atoms with Crippen molar-refractivity contribution in [1.82, 2.24) is 0 Å². The maximum Gasteiger partial charge on any atom is 0.00925 e. The highest BCUT2D eigenvalue weighted by Crippen LogP contribution is 2.27. The third kappa shape index (κ3) is 2.52. The minimum atomic E-state index is 0.230. The Balaban J connectivity index is 2.23. The van der Waals surface area contributed by atoms with E-state index in [-0.39, 0.29) is 6.04 Å². The molecule has 1 unspecified atom stereocenters. The molecule has 2 N–H and O–H groups in total. The molecule has 2 heteroatoms. The van der Waals surface area contributed by atoms with Crippen LogP contribution >= 0.6 is 11.3 Å². The van der Waals surface area contributed by atoms with Crippen LogP contribution in [0, 0.1) is 6.92 Å². The van der Waals surface area contributed by atoms with Crippen LogP contribution in [-0.4, -0.2) is 6.04 Å². The van der Waals surface area contributed by atoms with E-state index < -0.39 is 0 Å². The lowest BCUT2D eigenvalue weighted by Crippen LogP contribution is -2.17. The fourth-order valence-electron chi connectivity index (χ4n) is 1.88. The van der Waals surface area contributed by atoms with Gasteiger partial charge in [-0.15, -0.1) is 11.3 Å². The van der Waals surface area contributed by atoms with Gasteiger partial charge in [0.1, 0.15) is 0 Å². The predicted molar refractivity (Wildman–Crippen MR) is 71.8 cm³/mol. The third-order valence-corrected chi connectivity index (χ3v) is 3.53. The average molecular weight is 231 g/mol. The Labute approximate surface area is 101 Å². The molecule has 84 valence electrons. The second-order valence-electron chi connectivity index (χ2n) is 4.27. The highest BCUT2D eigenvalue weighted by molar-refractivity contribution is 7.10. The van der Waals surface area contributed by atoms with E-state index in [2.05, 4.69) is 42.6 Å². The minimum absolute atomic E-state index is 0.230. The monoisotopic (exact) mass is 231 g/mol. The Morgan fingerprint density at radius 3 is 2.38 bits per heavy atom. The zero-order valence-electron chi connectivity index (χ0n) is 9.73. The van der Waals surface area contributed by atoms with Gasteiger partial charge in [-0.2, -0.15) is 0 Å². The number of benzene rings is 1. The molecule has 0 spiro atoms. The molecule has 0 aliphatic rings. The molecule has 1 atom stereocenters. The standard InChI is InChI=1S/C14H17NS/c1-10(15)9-12-3-5-13(6-4-12)14-7-8-16-11(14)2/h3-8,10H,9,15H2,1-2H3. The molecule has 16 heavy (non-hydrogen) atoms. The Kier molecular flexibility index (Phi) is 3.42. The molecule has 0 radical (unpaired) electrons. The third-order valence-electron chi connectivity index (χ3n) is 2.68. The summed E-state index contributed by atoms with van der Waals surface area (Å²) in [6, 6.07) is 11.1. The van der Waals surface area contributed by atoms with Gasteiger partial charge < -0.3 is 5.73 Å². The number of hydrogen-bond acceptors (Lipinski definition) is 2. The molecule has 0 aliphatic carbocycles. The van der Waals surface area contributed by atoms with E-state index in [1.807, 2.05) is 6.92 Å². The van der Waals surface area contributed by atoms with Crippen molar-refractivity contribution in [3.63, 3.8) is 0 Å². The molecule has 2 rings (SSSR count). The smallest absolute Gasteiger partial charge is 0.00925 e. The molecule has 0 fully saturated rings. The Bertz CT molecular complexity index is 454. The zero-order chi connectivity index (χ0) is 11.5. The van der Waals surface area contributed by atoms with Crippen molar-refractivity contribution < 1.29 is 0 Å². The predicted octanol–water partition coefficient (Wildman–Crippen LogP) is 3.61. The van der Waals surface area contributed by atoms with Gasteiger partial charge in [-0.25, -0.2) is 0 Å². The van der Waals surface area contributed by atoms with Crippen molar-refractivity contribution in [1.29, 1.82) is 0 Å². The van der Waals surface area contributed by atoms with Crippen molar-refractivity contribution in [2.45, 2.75) is 26.3 Å². The Morgan fingerprint density at radius 1 is 1.19 bits per heavy atom. The maximum absolute atomic E-state index is 5.78. The normalized spacial score (nSPS) is 12.7. The number of thiophene rings is 1. The Morgan fingerprint density at radius 2 is 1.88 bits per heavy atom. The van der Waals surface area contributed by atoms with Crippen LogP contribution in [0.15, 0.2) is 35.7 Å². The minimum Gasteiger partial charge on any atom is -0.328 e. The molecule has 0 bridgehead atoms. The zero-order valence-corrected chi connectivity index (χ0v) is 10.6. The van der Waals surface area contributed by atoms with E-state index in [0.29, 0.717) is 0 Å². The first-order valence-corrected chi connectivity index (χ1v) is 6.44. The average Bonchev–Trinajstić information content (AvgIpc) is 2.65. The topological polar surface area (TPSA) is 26.0 Å². The van der Waals surface area contributed by atoms with Gasteiger partial charge in [0.25, 0.3) is 0 Å². The van der Waals surface area contributed by atoms with E-state index in [9.17, 15) is 0 Å². The van der Waals surface area contributed by atoms with Crippen LogP contribution in [0.2, 0.25) is 0 Å². The summed E-state index contributed by atoms with van der Waals surface area (Å²) in [5.74, 6) is 0. The van der Waals surface area contributed by atoms with Crippen molar-refractivity contribution in [2.75, 3.05) is 0 Å². The van der Waals surface area contributed by atoms with Crippen LogP contribution in [0.3, 0.4) is 0 Å². The van der Waals surface area contributed by atoms with Gasteiger partial charge in [0.15, 0.2) is 0 Å². The number of rotatable bonds is 3. The SMILES string of the molecule is Cc1sccc1-c1ccc(CC(C)N)cc1. The molecule has 0 amide bonds. The maximum atomic E-state index is 5.78. The summed E-state index contributed by atoms with van der Waals surface area (Å²) in [6.45, 7) is 4.20. The van der Waals surface area contributed by atoms with E-state index >= 15 is 0 Å². The van der Waals surface area contributed by atoms with Crippen LogP contribution in [0.5, 0.6) is 0 Å². The lowest BCUT2D eigenvalue weighted by atomic mass is 10.0. The summed E-state index contributed by atoms with van der Waals surface area (Å²) in [7, 11) is 0. The van der Waals surface area contributed by atoms with E-state index in [0.717, 1.165) is 6.42 Å². The summed E-state index contributed by atoms with van der Waals surface area (Å²) in [6.07, 6.45) is 0.947. The van der Waals surface area contributed by atoms with Gasteiger partial charge in [-0.3, -0.25) is 0 Å².